The van der Waals surface area contributed by atoms with E-state index in [4.69, 9.17) is 9.47 Å². The van der Waals surface area contributed by atoms with Crippen LogP contribution < -0.4 is 15.4 Å². The lowest BCUT2D eigenvalue weighted by molar-refractivity contribution is -0.120. The smallest absolute Gasteiger partial charge is 0.234 e. The summed E-state index contributed by atoms with van der Waals surface area (Å²) in [6.07, 6.45) is 0. The molecule has 0 saturated heterocycles. The number of carbonyl (C=O) groups is 1. The molecule has 1 aromatic carbocycles. The molecule has 1 unspecified atom stereocenters. The van der Waals surface area contributed by atoms with Crippen LogP contribution in [-0.4, -0.2) is 39.8 Å². The fourth-order valence-electron chi connectivity index (χ4n) is 1.67. The van der Waals surface area contributed by atoms with Gasteiger partial charge in [0.2, 0.25) is 5.91 Å². The number of ether oxygens (including phenoxy) is 2. The van der Waals surface area contributed by atoms with Crippen molar-refractivity contribution < 1.29 is 14.3 Å². The zero-order chi connectivity index (χ0) is 15.0. The van der Waals surface area contributed by atoms with E-state index < -0.39 is 0 Å². The minimum atomic E-state index is -0.0403. The maximum Gasteiger partial charge on any atom is 0.234 e. The minimum absolute atomic E-state index is 0.0403. The van der Waals surface area contributed by atoms with Gasteiger partial charge < -0.3 is 20.1 Å². The highest BCUT2D eigenvalue weighted by molar-refractivity contribution is 9.10. The number of carbonyl (C=O) groups excluding carboxylic acids is 1. The van der Waals surface area contributed by atoms with Gasteiger partial charge in [-0.25, -0.2) is 0 Å². The molecule has 0 spiro atoms. The molecule has 1 rings (SSSR count). The van der Waals surface area contributed by atoms with Gasteiger partial charge in [-0.05, 0) is 40.5 Å². The summed E-state index contributed by atoms with van der Waals surface area (Å²) < 4.78 is 11.0. The Hall–Kier alpha value is -1.11. The van der Waals surface area contributed by atoms with E-state index in [2.05, 4.69) is 26.6 Å². The van der Waals surface area contributed by atoms with Crippen molar-refractivity contribution >= 4 is 21.8 Å². The summed E-state index contributed by atoms with van der Waals surface area (Å²) in [4.78, 5) is 11.6. The Morgan fingerprint density at radius 3 is 2.75 bits per heavy atom. The lowest BCUT2D eigenvalue weighted by Crippen LogP contribution is -2.36. The number of halogens is 1. The van der Waals surface area contributed by atoms with Crippen molar-refractivity contribution in [3.05, 3.63) is 28.2 Å². The molecule has 0 bridgehead atoms. The first kappa shape index (κ1) is 16.9. The molecule has 0 fully saturated rings. The monoisotopic (exact) mass is 344 g/mol. The molecule has 112 valence electrons. The third kappa shape index (κ3) is 5.48. The van der Waals surface area contributed by atoms with E-state index >= 15 is 0 Å². The third-order valence-corrected chi connectivity index (χ3v) is 3.49. The first-order valence-electron chi connectivity index (χ1n) is 6.41. The van der Waals surface area contributed by atoms with Crippen molar-refractivity contribution in [1.29, 1.82) is 0 Å². The van der Waals surface area contributed by atoms with E-state index in [0.29, 0.717) is 13.2 Å². The van der Waals surface area contributed by atoms with Crippen LogP contribution in [0, 0.1) is 0 Å². The highest BCUT2D eigenvalue weighted by Gasteiger charge is 2.09. The number of hydrogen-bond acceptors (Lipinski definition) is 4. The highest BCUT2D eigenvalue weighted by Crippen LogP contribution is 2.27. The predicted octanol–water partition coefficient (Wildman–Crippen LogP) is 1.87. The molecule has 0 aliphatic carbocycles. The number of nitrogens with one attached hydrogen (secondary N) is 2. The summed E-state index contributed by atoms with van der Waals surface area (Å²) >= 11 is 3.45. The SMILES string of the molecule is COCCNC(=O)CNC(C)c1ccc(OC)c(Br)c1. The van der Waals surface area contributed by atoms with Crippen molar-refractivity contribution in [3.8, 4) is 5.75 Å². The molecule has 20 heavy (non-hydrogen) atoms. The van der Waals surface area contributed by atoms with Crippen LogP contribution in [0.25, 0.3) is 0 Å². The molecule has 2 N–H and O–H groups in total. The predicted molar refractivity (Wildman–Crippen MR) is 82.0 cm³/mol. The highest BCUT2D eigenvalue weighted by atomic mass is 79.9. The Morgan fingerprint density at radius 1 is 1.40 bits per heavy atom. The Kier molecular flexibility index (Phi) is 7.58. The van der Waals surface area contributed by atoms with Crippen molar-refractivity contribution in [1.82, 2.24) is 10.6 Å². The van der Waals surface area contributed by atoms with Crippen molar-refractivity contribution in [3.63, 3.8) is 0 Å². The van der Waals surface area contributed by atoms with E-state index in [0.717, 1.165) is 15.8 Å². The first-order chi connectivity index (χ1) is 9.58. The standard InChI is InChI=1S/C14H21BrN2O3/c1-10(17-9-14(18)16-6-7-19-2)11-4-5-13(20-3)12(15)8-11/h4-5,8,10,17H,6-7,9H2,1-3H3,(H,16,18). The van der Waals surface area contributed by atoms with Gasteiger partial charge in [0.25, 0.3) is 0 Å². The summed E-state index contributed by atoms with van der Waals surface area (Å²) in [7, 11) is 3.24. The van der Waals surface area contributed by atoms with Gasteiger partial charge >= 0.3 is 0 Å². The Morgan fingerprint density at radius 2 is 2.15 bits per heavy atom. The van der Waals surface area contributed by atoms with Crippen molar-refractivity contribution in [2.45, 2.75) is 13.0 Å². The first-order valence-corrected chi connectivity index (χ1v) is 7.20. The molecule has 6 heteroatoms. The third-order valence-electron chi connectivity index (χ3n) is 2.87. The minimum Gasteiger partial charge on any atom is -0.496 e. The molecule has 0 aliphatic rings. The van der Waals surface area contributed by atoms with Gasteiger partial charge in [-0.3, -0.25) is 4.79 Å². The number of benzene rings is 1. The van der Waals surface area contributed by atoms with Gasteiger partial charge in [-0.1, -0.05) is 6.07 Å². The molecule has 0 heterocycles. The lowest BCUT2D eigenvalue weighted by atomic mass is 10.1. The maximum atomic E-state index is 11.6. The van der Waals surface area contributed by atoms with Crippen molar-refractivity contribution in [2.75, 3.05) is 33.9 Å². The number of methoxy groups -OCH3 is 2. The lowest BCUT2D eigenvalue weighted by Gasteiger charge is -2.15. The van der Waals surface area contributed by atoms with E-state index in [1.165, 1.54) is 0 Å². The van der Waals surface area contributed by atoms with Gasteiger partial charge in [0.05, 0.1) is 24.7 Å². The molecular formula is C14H21BrN2O3. The maximum absolute atomic E-state index is 11.6. The van der Waals surface area contributed by atoms with Crippen molar-refractivity contribution in [2.24, 2.45) is 0 Å². The summed E-state index contributed by atoms with van der Waals surface area (Å²) in [6.45, 7) is 3.33. The van der Waals surface area contributed by atoms with E-state index in [1.807, 2.05) is 25.1 Å². The van der Waals surface area contributed by atoms with E-state index in [-0.39, 0.29) is 18.5 Å². The van der Waals surface area contributed by atoms with E-state index in [9.17, 15) is 4.79 Å². The summed E-state index contributed by atoms with van der Waals surface area (Å²) in [5.41, 5.74) is 1.09. The van der Waals surface area contributed by atoms with Crippen LogP contribution in [0.3, 0.4) is 0 Å². The fraction of sp³-hybridized carbons (Fsp3) is 0.500. The molecule has 5 nitrogen and oxygen atoms in total. The second kappa shape index (κ2) is 8.94. The van der Waals surface area contributed by atoms with Crippen LogP contribution in [0.15, 0.2) is 22.7 Å². The van der Waals surface area contributed by atoms with Crippen LogP contribution in [0.1, 0.15) is 18.5 Å². The largest absolute Gasteiger partial charge is 0.496 e. The quantitative estimate of drug-likeness (QED) is 0.707. The van der Waals surface area contributed by atoms with Crippen LogP contribution in [0.5, 0.6) is 5.75 Å². The second-order valence-electron chi connectivity index (χ2n) is 4.34. The zero-order valence-corrected chi connectivity index (χ0v) is 13.6. The zero-order valence-electron chi connectivity index (χ0n) is 12.0. The average Bonchev–Trinajstić information content (AvgIpc) is 2.45. The molecular weight excluding hydrogens is 324 g/mol. The van der Waals surface area contributed by atoms with Crippen LogP contribution in [0.2, 0.25) is 0 Å². The summed E-state index contributed by atoms with van der Waals surface area (Å²) in [5, 5.41) is 5.94. The Balaban J connectivity index is 2.44. The van der Waals surface area contributed by atoms with Gasteiger partial charge in [0, 0.05) is 19.7 Å². The van der Waals surface area contributed by atoms with Crippen LogP contribution >= 0.6 is 15.9 Å². The van der Waals surface area contributed by atoms with Gasteiger partial charge in [0.1, 0.15) is 5.75 Å². The molecule has 1 amide bonds. The van der Waals surface area contributed by atoms with Crippen LogP contribution in [0.4, 0.5) is 0 Å². The Labute approximate surface area is 128 Å². The summed E-state index contributed by atoms with van der Waals surface area (Å²) in [6, 6.07) is 5.94. The van der Waals surface area contributed by atoms with E-state index in [1.54, 1.807) is 14.2 Å². The number of hydrogen-bond donors (Lipinski definition) is 2. The second-order valence-corrected chi connectivity index (χ2v) is 5.19. The van der Waals surface area contributed by atoms with Gasteiger partial charge in [0.15, 0.2) is 0 Å². The topological polar surface area (TPSA) is 59.6 Å². The molecule has 0 radical (unpaired) electrons. The molecule has 1 atom stereocenters. The molecule has 1 aromatic rings. The average molecular weight is 345 g/mol. The van der Waals surface area contributed by atoms with Gasteiger partial charge in [-0.2, -0.15) is 0 Å². The number of amides is 1. The Bertz CT molecular complexity index is 440. The van der Waals surface area contributed by atoms with Crippen LogP contribution in [-0.2, 0) is 9.53 Å². The molecule has 0 saturated carbocycles. The normalized spacial score (nSPS) is 12.0. The molecule has 0 aliphatic heterocycles. The molecule has 0 aromatic heterocycles. The van der Waals surface area contributed by atoms with Gasteiger partial charge in [-0.15, -0.1) is 0 Å². The number of rotatable bonds is 8. The summed E-state index contributed by atoms with van der Waals surface area (Å²) in [5.74, 6) is 0.750. The fourth-order valence-corrected chi connectivity index (χ4v) is 2.23.